The van der Waals surface area contributed by atoms with Crippen molar-refractivity contribution in [2.45, 2.75) is 54.8 Å². The van der Waals surface area contributed by atoms with Crippen LogP contribution in [0, 0.1) is 0 Å². The standard InChI is InChI=1S/C12H23O14P.2Ca.4H/c13-1-4-6(15)8(17)9(18)11(24-4)26-12(3-23-27(20,21)22)10(19)7(16)5(2-14)25-12;;;;;;/h4-11,13-19H,1-3H2,(H2,20,21,22);;;;;;/t4-,5-,6-,7-,8+,9-,10+,11-,12+;;;;;;/m1....../s1. The summed E-state index contributed by atoms with van der Waals surface area (Å²) in [5.41, 5.74) is 0. The molecule has 2 fully saturated rings. The van der Waals surface area contributed by atoms with Crippen molar-refractivity contribution in [3.8, 4) is 0 Å². The van der Waals surface area contributed by atoms with E-state index >= 15 is 0 Å². The fraction of sp³-hybridized carbons (Fsp3) is 1.00. The van der Waals surface area contributed by atoms with Gasteiger partial charge in [0, 0.05) is 0 Å². The Morgan fingerprint density at radius 1 is 0.862 bits per heavy atom. The fourth-order valence-corrected chi connectivity index (χ4v) is 3.14. The summed E-state index contributed by atoms with van der Waals surface area (Å²) in [5.74, 6) is -2.53. The van der Waals surface area contributed by atoms with Crippen LogP contribution in [0.1, 0.15) is 0 Å². The molecule has 0 amide bonds. The Bertz CT molecular complexity index is 551. The van der Waals surface area contributed by atoms with Gasteiger partial charge in [0.25, 0.3) is 0 Å². The zero-order valence-corrected chi connectivity index (χ0v) is 14.6. The van der Waals surface area contributed by atoms with Gasteiger partial charge in [-0.2, -0.15) is 0 Å². The Morgan fingerprint density at radius 2 is 1.41 bits per heavy atom. The van der Waals surface area contributed by atoms with Crippen LogP contribution in [0.15, 0.2) is 0 Å². The first-order valence-electron chi connectivity index (χ1n) is 7.79. The average molecular weight is 506 g/mol. The topological polar surface area (TPSA) is 236 Å². The normalized spacial score (nSPS) is 42.8. The summed E-state index contributed by atoms with van der Waals surface area (Å²) in [6.07, 6.45) is -14.0. The molecule has 0 saturated carbocycles. The zero-order chi connectivity index (χ0) is 20.6. The molecule has 168 valence electrons. The summed E-state index contributed by atoms with van der Waals surface area (Å²) >= 11 is 0. The molecule has 0 aromatic heterocycles. The van der Waals surface area contributed by atoms with E-state index in [-0.39, 0.29) is 75.5 Å². The Morgan fingerprint density at radius 3 is 1.86 bits per heavy atom. The zero-order valence-electron chi connectivity index (χ0n) is 13.8. The molecule has 0 aromatic carbocycles. The third-order valence-corrected chi connectivity index (χ3v) is 4.75. The number of phosphoric ester groups is 1. The van der Waals surface area contributed by atoms with Crippen molar-refractivity contribution in [1.29, 1.82) is 0 Å². The number of hydrogen-bond acceptors (Lipinski definition) is 12. The van der Waals surface area contributed by atoms with Crippen LogP contribution < -0.4 is 0 Å². The van der Waals surface area contributed by atoms with Gasteiger partial charge >= 0.3 is 83.3 Å². The van der Waals surface area contributed by atoms with E-state index in [1.165, 1.54) is 0 Å². The molecule has 2 saturated heterocycles. The molecule has 29 heavy (non-hydrogen) atoms. The maximum atomic E-state index is 11.0. The van der Waals surface area contributed by atoms with Crippen LogP contribution in [0.5, 0.6) is 0 Å². The van der Waals surface area contributed by atoms with Crippen molar-refractivity contribution < 1.29 is 68.8 Å². The van der Waals surface area contributed by atoms with Gasteiger partial charge in [0.2, 0.25) is 5.79 Å². The fourth-order valence-electron chi connectivity index (χ4n) is 2.79. The second-order valence-corrected chi connectivity index (χ2v) is 7.40. The quantitative estimate of drug-likeness (QED) is 0.115. The minimum atomic E-state index is -5.09. The van der Waals surface area contributed by atoms with Gasteiger partial charge in [-0.25, -0.2) is 4.57 Å². The van der Waals surface area contributed by atoms with Crippen molar-refractivity contribution in [1.82, 2.24) is 0 Å². The first-order valence-corrected chi connectivity index (χ1v) is 9.32. The second kappa shape index (κ2) is 12.6. The summed E-state index contributed by atoms with van der Waals surface area (Å²) in [7, 11) is -5.09. The summed E-state index contributed by atoms with van der Waals surface area (Å²) in [6.45, 7) is -2.77. The molecule has 0 radical (unpaired) electrons. The van der Waals surface area contributed by atoms with Crippen LogP contribution in [0.3, 0.4) is 0 Å². The molecule has 2 rings (SSSR count). The molecule has 0 aromatic rings. The van der Waals surface area contributed by atoms with Gasteiger partial charge in [0.1, 0.15) is 49.3 Å². The van der Waals surface area contributed by atoms with Crippen molar-refractivity contribution in [3.05, 3.63) is 0 Å². The molecule has 14 nitrogen and oxygen atoms in total. The van der Waals surface area contributed by atoms with E-state index < -0.39 is 82.4 Å². The predicted octanol–water partition coefficient (Wildman–Crippen LogP) is -7.11. The monoisotopic (exact) mass is 506 g/mol. The Hall–Kier alpha value is 2.23. The Balaban J connectivity index is 0.00000392. The van der Waals surface area contributed by atoms with E-state index in [4.69, 9.17) is 24.0 Å². The molecule has 2 heterocycles. The molecule has 9 N–H and O–H groups in total. The van der Waals surface area contributed by atoms with Gasteiger partial charge < -0.3 is 59.7 Å². The molecule has 0 unspecified atom stereocenters. The van der Waals surface area contributed by atoms with E-state index in [9.17, 15) is 40.3 Å². The molecule has 9 atom stereocenters. The Kier molecular flexibility index (Phi) is 13.6. The van der Waals surface area contributed by atoms with E-state index in [0.717, 1.165) is 0 Å². The second-order valence-electron chi connectivity index (χ2n) is 6.17. The van der Waals surface area contributed by atoms with Crippen LogP contribution in [-0.2, 0) is 23.3 Å². The van der Waals surface area contributed by atoms with Crippen LogP contribution >= 0.6 is 7.82 Å². The van der Waals surface area contributed by atoms with Crippen molar-refractivity contribution >= 4 is 83.3 Å². The number of aliphatic hydroxyl groups is 7. The number of rotatable bonds is 7. The molecular formula is C12H27Ca2O14P. The molecule has 0 aliphatic carbocycles. The predicted molar refractivity (Wildman–Crippen MR) is 96.6 cm³/mol. The van der Waals surface area contributed by atoms with E-state index in [1.54, 1.807) is 0 Å². The van der Waals surface area contributed by atoms with Crippen LogP contribution in [0.4, 0.5) is 0 Å². The minimum absolute atomic E-state index is 0. The van der Waals surface area contributed by atoms with Gasteiger partial charge in [-0.1, -0.05) is 0 Å². The summed E-state index contributed by atoms with van der Waals surface area (Å²) in [4.78, 5) is 17.8. The molecule has 0 bridgehead atoms. The number of phosphoric acid groups is 1. The molecule has 0 spiro atoms. The molecular weight excluding hydrogens is 479 g/mol. The van der Waals surface area contributed by atoms with E-state index in [0.29, 0.717) is 0 Å². The van der Waals surface area contributed by atoms with Crippen molar-refractivity contribution in [2.24, 2.45) is 0 Å². The van der Waals surface area contributed by atoms with Crippen LogP contribution in [0.2, 0.25) is 0 Å². The number of aliphatic hydroxyl groups excluding tert-OH is 7. The first kappa shape index (κ1) is 31.2. The van der Waals surface area contributed by atoms with Crippen LogP contribution in [-0.4, -0.2) is 196 Å². The first-order chi connectivity index (χ1) is 12.5. The summed E-state index contributed by atoms with van der Waals surface area (Å²) in [6, 6.07) is 0. The number of hydrogen-bond donors (Lipinski definition) is 9. The van der Waals surface area contributed by atoms with E-state index in [2.05, 4.69) is 4.52 Å². The van der Waals surface area contributed by atoms with Gasteiger partial charge in [0.05, 0.1) is 13.2 Å². The summed E-state index contributed by atoms with van der Waals surface area (Å²) in [5, 5.41) is 68.1. The van der Waals surface area contributed by atoms with E-state index in [1.807, 2.05) is 0 Å². The third-order valence-electron chi connectivity index (χ3n) is 4.28. The van der Waals surface area contributed by atoms with Gasteiger partial charge in [0.15, 0.2) is 6.29 Å². The molecule has 2 aliphatic heterocycles. The average Bonchev–Trinajstić information content (AvgIpc) is 2.85. The van der Waals surface area contributed by atoms with Gasteiger partial charge in [-0.05, 0) is 0 Å². The summed E-state index contributed by atoms with van der Waals surface area (Å²) < 4.78 is 30.8. The molecule has 2 aliphatic rings. The van der Waals surface area contributed by atoms with Crippen LogP contribution in [0.25, 0.3) is 0 Å². The van der Waals surface area contributed by atoms with Crippen molar-refractivity contribution in [3.63, 3.8) is 0 Å². The molecule has 17 heteroatoms. The number of ether oxygens (including phenoxy) is 3. The van der Waals surface area contributed by atoms with Gasteiger partial charge in [-0.15, -0.1) is 0 Å². The maximum absolute atomic E-state index is 11.0. The van der Waals surface area contributed by atoms with Gasteiger partial charge in [-0.3, -0.25) is 4.52 Å². The Labute approximate surface area is 224 Å². The third kappa shape index (κ3) is 7.36. The SMILES string of the molecule is O=P(O)(O)OC[C@@]1(O[C@H]2O[C@H](CO)[C@@H](O)[C@H](O)[C@H]2O)O[C@H](CO)[C@@H](O)[C@@H]1O.[CaH2].[CaH2]. The van der Waals surface area contributed by atoms with Crippen molar-refractivity contribution in [2.75, 3.05) is 19.8 Å².